The van der Waals surface area contributed by atoms with Crippen molar-refractivity contribution >= 4 is 18.0 Å². The zero-order valence-electron chi connectivity index (χ0n) is 39.6. The van der Waals surface area contributed by atoms with Gasteiger partial charge in [-0.2, -0.15) is 0 Å². The normalized spacial score (nSPS) is 45.6. The quantitative estimate of drug-likeness (QED) is 0.0896. The molecule has 2 heterocycles. The number of ether oxygens (including phenoxy) is 5. The molecule has 0 aromatic heterocycles. The highest BCUT2D eigenvalue weighted by Gasteiger charge is 2.69. The van der Waals surface area contributed by atoms with E-state index >= 15 is 0 Å². The predicted octanol–water partition coefficient (Wildman–Crippen LogP) is 5.37. The Hall–Kier alpha value is -2.92. The second-order valence-electron chi connectivity index (χ2n) is 22.9. The van der Waals surface area contributed by atoms with E-state index in [-0.39, 0.29) is 52.8 Å². The van der Waals surface area contributed by atoms with Gasteiger partial charge in [-0.05, 0) is 121 Å². The van der Waals surface area contributed by atoms with Gasteiger partial charge >= 0.3 is 5.97 Å². The number of benzene rings is 1. The maximum Gasteiger partial charge on any atom is 0.310 e. The van der Waals surface area contributed by atoms with Crippen LogP contribution >= 0.6 is 0 Å². The number of hydrogen-bond acceptors (Lipinski definition) is 12. The molecule has 4 saturated carbocycles. The summed E-state index contributed by atoms with van der Waals surface area (Å²) in [7, 11) is 1.54. The Labute approximate surface area is 384 Å². The molecule has 17 atom stereocenters. The smallest absolute Gasteiger partial charge is 0.310 e. The summed E-state index contributed by atoms with van der Waals surface area (Å²) in [6.07, 6.45) is 2.36. The first-order valence-corrected chi connectivity index (χ1v) is 24.0. The molecule has 6 fully saturated rings. The molecule has 7 aliphatic rings. The number of carbonyl (C=O) groups excluding carboxylic acids is 1. The van der Waals surface area contributed by atoms with Gasteiger partial charge in [-0.3, -0.25) is 9.59 Å². The molecule has 14 heteroatoms. The molecule has 1 amide bonds. The Morgan fingerprint density at radius 2 is 1.57 bits per heavy atom. The van der Waals surface area contributed by atoms with Crippen molar-refractivity contribution in [3.05, 3.63) is 47.6 Å². The molecule has 2 saturated heterocycles. The molecule has 5 aliphatic carbocycles. The van der Waals surface area contributed by atoms with E-state index in [0.29, 0.717) is 30.1 Å². The molecule has 0 bridgehead atoms. The molecule has 0 spiro atoms. The van der Waals surface area contributed by atoms with Crippen LogP contribution < -0.4 is 10.1 Å². The van der Waals surface area contributed by atoms with Crippen molar-refractivity contribution in [3.8, 4) is 5.75 Å². The fourth-order valence-electron chi connectivity index (χ4n) is 14.6. The summed E-state index contributed by atoms with van der Waals surface area (Å²) in [5.74, 6) is 0.0327. The Balaban J connectivity index is 1.04. The van der Waals surface area contributed by atoms with E-state index in [0.717, 1.165) is 51.4 Å². The van der Waals surface area contributed by atoms with Gasteiger partial charge in [-0.25, -0.2) is 0 Å². The summed E-state index contributed by atoms with van der Waals surface area (Å²) >= 11 is 0. The Bertz CT molecular complexity index is 2000. The lowest BCUT2D eigenvalue weighted by Crippen LogP contribution is -2.67. The minimum Gasteiger partial charge on any atom is -0.496 e. The average Bonchev–Trinajstić information content (AvgIpc) is 3.25. The SMILES string of the molecule is COc1ccccc1/C=C/C(=O)N[C@H]1[C@H](O[C@H]2CC[C@]3(C)[C@H]4CC=C5[C@@H]6CC(C)(C)CC[C@]6(C(=O)O)CC[C@@]5(C)[C@]4(C)CC[C@H]3C2(C)C)O[C@H](CO[C@@H]2OC[C@H](O)[C@H](O)[C@H]2O)[C@@H](O)[C@@H]1O. The second-order valence-corrected chi connectivity index (χ2v) is 22.9. The van der Waals surface area contributed by atoms with E-state index in [1.807, 2.05) is 12.1 Å². The number of amides is 1. The Morgan fingerprint density at radius 3 is 2.29 bits per heavy atom. The zero-order chi connectivity index (χ0) is 47.1. The van der Waals surface area contributed by atoms with E-state index in [2.05, 4.69) is 59.9 Å². The molecule has 7 N–H and O–H groups in total. The van der Waals surface area contributed by atoms with Crippen molar-refractivity contribution in [2.45, 2.75) is 174 Å². The number of carboxylic acid groups (broad SMARTS) is 1. The van der Waals surface area contributed by atoms with Crippen LogP contribution in [0.4, 0.5) is 0 Å². The number of fused-ring (bicyclic) bond motifs is 7. The number of carbonyl (C=O) groups is 2. The third-order valence-electron chi connectivity index (χ3n) is 18.7. The number of aliphatic hydroxyl groups excluding tert-OH is 5. The summed E-state index contributed by atoms with van der Waals surface area (Å²) in [6.45, 7) is 15.9. The monoisotopic (exact) mass is 910 g/mol. The molecule has 65 heavy (non-hydrogen) atoms. The van der Waals surface area contributed by atoms with E-state index in [1.165, 1.54) is 11.6 Å². The molecular formula is C51H75NO13. The van der Waals surface area contributed by atoms with Crippen molar-refractivity contribution in [1.29, 1.82) is 0 Å². The van der Waals surface area contributed by atoms with Crippen LogP contribution in [0.1, 0.15) is 118 Å². The summed E-state index contributed by atoms with van der Waals surface area (Å²) in [4.78, 5) is 26.8. The molecule has 0 unspecified atom stereocenters. The van der Waals surface area contributed by atoms with E-state index in [4.69, 9.17) is 23.7 Å². The first kappa shape index (κ1) is 48.5. The van der Waals surface area contributed by atoms with Crippen LogP contribution in [0.2, 0.25) is 0 Å². The van der Waals surface area contributed by atoms with Crippen LogP contribution in [-0.2, 0) is 28.5 Å². The first-order chi connectivity index (χ1) is 30.5. The average molecular weight is 910 g/mol. The van der Waals surface area contributed by atoms with Gasteiger partial charge in [0.05, 0.1) is 31.8 Å². The predicted molar refractivity (Wildman–Crippen MR) is 240 cm³/mol. The van der Waals surface area contributed by atoms with Crippen LogP contribution in [0.15, 0.2) is 42.0 Å². The number of carboxylic acids is 1. The molecular weight excluding hydrogens is 835 g/mol. The van der Waals surface area contributed by atoms with Crippen molar-refractivity contribution in [3.63, 3.8) is 0 Å². The fourth-order valence-corrected chi connectivity index (χ4v) is 14.6. The van der Waals surface area contributed by atoms with Crippen LogP contribution in [0, 0.1) is 50.2 Å². The number of hydrogen-bond donors (Lipinski definition) is 7. The van der Waals surface area contributed by atoms with E-state index in [1.54, 1.807) is 25.3 Å². The van der Waals surface area contributed by atoms with Crippen LogP contribution in [-0.4, -0.2) is 124 Å². The molecule has 14 nitrogen and oxygen atoms in total. The van der Waals surface area contributed by atoms with Crippen LogP contribution in [0.25, 0.3) is 6.08 Å². The van der Waals surface area contributed by atoms with Gasteiger partial charge in [-0.1, -0.05) is 78.3 Å². The molecule has 0 radical (unpaired) electrons. The topological polar surface area (TPSA) is 214 Å². The lowest BCUT2D eigenvalue weighted by atomic mass is 9.33. The van der Waals surface area contributed by atoms with Crippen LogP contribution in [0.5, 0.6) is 5.75 Å². The highest BCUT2D eigenvalue weighted by Crippen LogP contribution is 2.76. The third kappa shape index (κ3) is 8.12. The summed E-state index contributed by atoms with van der Waals surface area (Å²) in [5.41, 5.74) is 0.842. The summed E-state index contributed by atoms with van der Waals surface area (Å²) in [5, 5.41) is 67.6. The number of nitrogens with one attached hydrogen (secondary N) is 1. The Kier molecular flexibility index (Phi) is 13.1. The van der Waals surface area contributed by atoms with Crippen molar-refractivity contribution in [2.75, 3.05) is 20.3 Å². The van der Waals surface area contributed by atoms with Crippen molar-refractivity contribution < 1.29 is 63.9 Å². The number of allylic oxidation sites excluding steroid dienone is 2. The lowest BCUT2D eigenvalue weighted by Gasteiger charge is -2.71. The molecule has 362 valence electrons. The third-order valence-corrected chi connectivity index (χ3v) is 18.7. The number of aliphatic hydroxyl groups is 5. The second kappa shape index (κ2) is 17.6. The number of para-hydroxylation sites is 1. The standard InChI is InChI=1S/C51H75NO13/c1-46(2)21-23-51(45(59)60)24-22-49(6)29(30(51)25-46)14-15-35-48(5)19-18-36(47(3,4)34(48)17-20-50(35,49)7)65-43-38(52-37(54)16-13-28-11-9-10-12-32(28)61-8)41(57)40(56)33(64-43)27-63-44-42(58)39(55)31(53)26-62-44/h9-14,16,30-31,33-36,38-44,53,55-58H,15,17-27H2,1-8H3,(H,52,54)(H,59,60)/b16-13+/t30-,31-,33+,34-,35+,36-,38+,39-,40+,41+,42+,43-,44-,48-,49+,50+,51-/m0/s1. The molecule has 1 aromatic carbocycles. The maximum absolute atomic E-state index is 13.6. The molecule has 2 aliphatic heterocycles. The minimum atomic E-state index is -1.57. The molecule has 1 aromatic rings. The minimum absolute atomic E-state index is 0.0330. The molecule has 8 rings (SSSR count). The maximum atomic E-state index is 13.6. The van der Waals surface area contributed by atoms with Gasteiger partial charge in [0, 0.05) is 11.6 Å². The summed E-state index contributed by atoms with van der Waals surface area (Å²) < 4.78 is 30.1. The Morgan fingerprint density at radius 1 is 0.846 bits per heavy atom. The van der Waals surface area contributed by atoms with Gasteiger partial charge in [0.2, 0.25) is 5.91 Å². The largest absolute Gasteiger partial charge is 0.496 e. The highest BCUT2D eigenvalue weighted by atomic mass is 16.7. The van der Waals surface area contributed by atoms with E-state index < -0.39 is 78.0 Å². The van der Waals surface area contributed by atoms with Gasteiger partial charge in [0.1, 0.15) is 48.4 Å². The van der Waals surface area contributed by atoms with Gasteiger partial charge in [0.25, 0.3) is 0 Å². The van der Waals surface area contributed by atoms with Crippen molar-refractivity contribution in [2.24, 2.45) is 50.2 Å². The number of rotatable bonds is 10. The van der Waals surface area contributed by atoms with E-state index in [9.17, 15) is 40.2 Å². The summed E-state index contributed by atoms with van der Waals surface area (Å²) in [6, 6.07) is 6.04. The van der Waals surface area contributed by atoms with Crippen LogP contribution in [0.3, 0.4) is 0 Å². The van der Waals surface area contributed by atoms with Gasteiger partial charge in [-0.15, -0.1) is 0 Å². The lowest BCUT2D eigenvalue weighted by molar-refractivity contribution is -0.322. The highest BCUT2D eigenvalue weighted by molar-refractivity contribution is 5.92. The zero-order valence-corrected chi connectivity index (χ0v) is 39.6. The number of aliphatic carboxylic acids is 1. The van der Waals surface area contributed by atoms with Gasteiger partial charge < -0.3 is 59.6 Å². The first-order valence-electron chi connectivity index (χ1n) is 24.0. The fraction of sp³-hybridized carbons (Fsp3) is 0.765. The van der Waals surface area contributed by atoms with Gasteiger partial charge in [0.15, 0.2) is 12.6 Å². The number of methoxy groups -OCH3 is 1. The van der Waals surface area contributed by atoms with Crippen molar-refractivity contribution in [1.82, 2.24) is 5.32 Å².